The lowest BCUT2D eigenvalue weighted by atomic mass is 10.1. The molecule has 2 aromatic carbocycles. The Morgan fingerprint density at radius 3 is 2.42 bits per heavy atom. The smallest absolute Gasteiger partial charge is 0.227 e. The molecule has 0 aliphatic carbocycles. The summed E-state index contributed by atoms with van der Waals surface area (Å²) >= 11 is 0. The van der Waals surface area contributed by atoms with Crippen molar-refractivity contribution in [3.63, 3.8) is 0 Å². The molecule has 1 aromatic heterocycles. The Kier molecular flexibility index (Phi) is 8.03. The molecular weight excluding hydrogens is 410 g/mol. The summed E-state index contributed by atoms with van der Waals surface area (Å²) in [5.41, 5.74) is 3.05. The molecule has 0 N–H and O–H groups in total. The number of ether oxygens (including phenoxy) is 1. The number of hydrogen-bond donors (Lipinski definition) is 0. The van der Waals surface area contributed by atoms with E-state index in [2.05, 4.69) is 29.7 Å². The number of nitrogens with zero attached hydrogens (tertiary/aromatic N) is 3. The van der Waals surface area contributed by atoms with Crippen molar-refractivity contribution in [3.8, 4) is 5.75 Å². The lowest BCUT2D eigenvalue weighted by molar-refractivity contribution is -0.117. The summed E-state index contributed by atoms with van der Waals surface area (Å²) in [4.78, 5) is 19.9. The minimum absolute atomic E-state index is 0.0869. The molecule has 5 heteroatoms. The fourth-order valence-electron chi connectivity index (χ4n) is 5.01. The molecule has 1 aliphatic heterocycles. The van der Waals surface area contributed by atoms with E-state index < -0.39 is 0 Å². The van der Waals surface area contributed by atoms with E-state index in [1.54, 1.807) is 7.11 Å². The van der Waals surface area contributed by atoms with Crippen molar-refractivity contribution in [1.82, 2.24) is 9.55 Å². The summed E-state index contributed by atoms with van der Waals surface area (Å²) in [6.45, 7) is 3.87. The van der Waals surface area contributed by atoms with Crippen LogP contribution in [0.1, 0.15) is 76.5 Å². The number of benzene rings is 2. The van der Waals surface area contributed by atoms with Crippen molar-refractivity contribution < 1.29 is 9.53 Å². The molecule has 1 aliphatic rings. The molecular formula is C28H37N3O2. The lowest BCUT2D eigenvalue weighted by Crippen LogP contribution is -2.25. The van der Waals surface area contributed by atoms with Crippen molar-refractivity contribution in [2.24, 2.45) is 0 Å². The van der Waals surface area contributed by atoms with E-state index in [4.69, 9.17) is 9.72 Å². The number of carbonyl (C=O) groups is 1. The lowest BCUT2D eigenvalue weighted by Gasteiger charge is -2.19. The van der Waals surface area contributed by atoms with Crippen molar-refractivity contribution >= 4 is 22.6 Å². The molecule has 4 rings (SSSR count). The fourth-order valence-corrected chi connectivity index (χ4v) is 5.01. The highest BCUT2D eigenvalue weighted by molar-refractivity contribution is 5.97. The third kappa shape index (κ3) is 5.40. The number of anilines is 1. The summed E-state index contributed by atoms with van der Waals surface area (Å²) in [5, 5.41) is 0. The van der Waals surface area contributed by atoms with E-state index in [9.17, 15) is 4.79 Å². The van der Waals surface area contributed by atoms with Crippen LogP contribution in [0.4, 0.5) is 5.69 Å². The number of amides is 1. The van der Waals surface area contributed by atoms with E-state index in [0.29, 0.717) is 13.0 Å². The van der Waals surface area contributed by atoms with E-state index in [-0.39, 0.29) is 11.8 Å². The van der Waals surface area contributed by atoms with Gasteiger partial charge in [-0.25, -0.2) is 4.98 Å². The van der Waals surface area contributed by atoms with Crippen molar-refractivity contribution in [2.45, 2.75) is 77.2 Å². The van der Waals surface area contributed by atoms with Crippen LogP contribution in [-0.4, -0.2) is 29.1 Å². The summed E-state index contributed by atoms with van der Waals surface area (Å²) in [5.74, 6) is 2.00. The first-order chi connectivity index (χ1) is 16.2. The van der Waals surface area contributed by atoms with Gasteiger partial charge in [-0.1, -0.05) is 76.1 Å². The highest BCUT2D eigenvalue weighted by Gasteiger charge is 2.35. The molecule has 5 nitrogen and oxygen atoms in total. The largest absolute Gasteiger partial charge is 0.495 e. The number of para-hydroxylation sites is 4. The monoisotopic (exact) mass is 447 g/mol. The van der Waals surface area contributed by atoms with Gasteiger partial charge in [0.05, 0.1) is 23.8 Å². The Labute approximate surface area is 197 Å². The number of unbranched alkanes of at least 4 members (excludes halogenated alkanes) is 7. The zero-order valence-electron chi connectivity index (χ0n) is 20.1. The molecule has 1 atom stereocenters. The summed E-state index contributed by atoms with van der Waals surface area (Å²) < 4.78 is 7.88. The summed E-state index contributed by atoms with van der Waals surface area (Å²) in [7, 11) is 1.65. The minimum Gasteiger partial charge on any atom is -0.495 e. The number of fused-ring (bicyclic) bond motifs is 1. The Hall–Kier alpha value is -2.82. The molecule has 1 saturated heterocycles. The number of rotatable bonds is 12. The highest BCUT2D eigenvalue weighted by atomic mass is 16.5. The Morgan fingerprint density at radius 2 is 1.64 bits per heavy atom. The van der Waals surface area contributed by atoms with Gasteiger partial charge < -0.3 is 14.2 Å². The summed E-state index contributed by atoms with van der Waals surface area (Å²) in [6.07, 6.45) is 10.9. The van der Waals surface area contributed by atoms with Crippen molar-refractivity contribution in [1.29, 1.82) is 0 Å². The third-order valence-electron chi connectivity index (χ3n) is 6.79. The van der Waals surface area contributed by atoms with Gasteiger partial charge in [-0.05, 0) is 30.7 Å². The van der Waals surface area contributed by atoms with E-state index in [1.165, 1.54) is 50.5 Å². The van der Waals surface area contributed by atoms with Crippen molar-refractivity contribution in [2.75, 3.05) is 18.6 Å². The van der Waals surface area contributed by atoms with Crippen LogP contribution < -0.4 is 9.64 Å². The molecule has 0 saturated carbocycles. The predicted molar refractivity (Wildman–Crippen MR) is 135 cm³/mol. The number of carbonyl (C=O) groups excluding carboxylic acids is 1. The maximum atomic E-state index is 13.0. The van der Waals surface area contributed by atoms with E-state index in [1.807, 2.05) is 35.2 Å². The Morgan fingerprint density at radius 1 is 0.939 bits per heavy atom. The molecule has 0 spiro atoms. The van der Waals surface area contributed by atoms with E-state index >= 15 is 0 Å². The Bertz CT molecular complexity index is 1060. The van der Waals surface area contributed by atoms with Gasteiger partial charge in [0.1, 0.15) is 11.6 Å². The van der Waals surface area contributed by atoms with Crippen LogP contribution in [-0.2, 0) is 11.3 Å². The molecule has 1 amide bonds. The normalized spacial score (nSPS) is 16.1. The molecule has 0 radical (unpaired) electrons. The molecule has 33 heavy (non-hydrogen) atoms. The zero-order valence-corrected chi connectivity index (χ0v) is 20.1. The number of aryl methyl sites for hydroxylation is 1. The number of imidazole rings is 1. The summed E-state index contributed by atoms with van der Waals surface area (Å²) in [6, 6.07) is 16.1. The predicted octanol–water partition coefficient (Wildman–Crippen LogP) is 6.71. The van der Waals surface area contributed by atoms with Gasteiger partial charge in [-0.15, -0.1) is 0 Å². The zero-order chi connectivity index (χ0) is 23.0. The maximum absolute atomic E-state index is 13.0. The van der Waals surface area contributed by atoms with Gasteiger partial charge in [0.25, 0.3) is 0 Å². The SMILES string of the molecule is CCCCCCCCCCn1c(C2CC(=O)N(c3ccccc3OC)C2)nc2ccccc21. The molecule has 176 valence electrons. The van der Waals surface area contributed by atoms with Crippen molar-refractivity contribution in [3.05, 3.63) is 54.4 Å². The second-order valence-electron chi connectivity index (χ2n) is 9.16. The van der Waals surface area contributed by atoms with Gasteiger partial charge in [-0.3, -0.25) is 4.79 Å². The third-order valence-corrected chi connectivity index (χ3v) is 6.79. The van der Waals surface area contributed by atoms with Crippen LogP contribution >= 0.6 is 0 Å². The van der Waals surface area contributed by atoms with Gasteiger partial charge in [0.2, 0.25) is 5.91 Å². The molecule has 2 heterocycles. The second-order valence-corrected chi connectivity index (χ2v) is 9.16. The fraction of sp³-hybridized carbons (Fsp3) is 0.500. The quantitative estimate of drug-likeness (QED) is 0.290. The van der Waals surface area contributed by atoms with Crippen LogP contribution in [0.3, 0.4) is 0 Å². The maximum Gasteiger partial charge on any atom is 0.227 e. The first kappa shape index (κ1) is 23.3. The van der Waals surface area contributed by atoms with Gasteiger partial charge in [-0.2, -0.15) is 0 Å². The first-order valence-electron chi connectivity index (χ1n) is 12.6. The molecule has 3 aromatic rings. The first-order valence-corrected chi connectivity index (χ1v) is 12.6. The van der Waals surface area contributed by atoms with E-state index in [0.717, 1.165) is 35.7 Å². The van der Waals surface area contributed by atoms with Crippen LogP contribution in [0.5, 0.6) is 5.75 Å². The van der Waals surface area contributed by atoms with Crippen LogP contribution in [0, 0.1) is 0 Å². The average Bonchev–Trinajstić information content (AvgIpc) is 3.41. The van der Waals surface area contributed by atoms with Gasteiger partial charge >= 0.3 is 0 Å². The number of hydrogen-bond acceptors (Lipinski definition) is 3. The minimum atomic E-state index is 0.0869. The topological polar surface area (TPSA) is 47.4 Å². The molecule has 1 unspecified atom stereocenters. The van der Waals surface area contributed by atoms with Crippen LogP contribution in [0.15, 0.2) is 48.5 Å². The van der Waals surface area contributed by atoms with Crippen LogP contribution in [0.25, 0.3) is 11.0 Å². The average molecular weight is 448 g/mol. The second kappa shape index (κ2) is 11.4. The number of aromatic nitrogens is 2. The van der Waals surface area contributed by atoms with Crippen LogP contribution in [0.2, 0.25) is 0 Å². The molecule has 1 fully saturated rings. The van der Waals surface area contributed by atoms with Gasteiger partial charge in [0, 0.05) is 25.4 Å². The van der Waals surface area contributed by atoms with Gasteiger partial charge in [0.15, 0.2) is 0 Å². The Balaban J connectivity index is 1.47. The standard InChI is InChI=1S/C28H37N3O2/c1-3-4-5-6-7-8-9-14-19-30-24-16-11-10-15-23(24)29-28(30)22-20-27(32)31(21-22)25-17-12-13-18-26(25)33-2/h10-13,15-18,22H,3-9,14,19-21H2,1-2H3. The molecule has 0 bridgehead atoms. The number of methoxy groups -OCH3 is 1. The highest BCUT2D eigenvalue weighted by Crippen LogP contribution is 2.37.